The highest BCUT2D eigenvalue weighted by molar-refractivity contribution is 5.97. The zero-order valence-corrected chi connectivity index (χ0v) is 15.5. The maximum absolute atomic E-state index is 12.5. The fourth-order valence-corrected chi connectivity index (χ4v) is 3.50. The molecule has 7 heteroatoms. The van der Waals surface area contributed by atoms with Crippen LogP contribution in [0.15, 0.2) is 36.5 Å². The number of aromatic nitrogens is 3. The van der Waals surface area contributed by atoms with Gasteiger partial charge in [0.25, 0.3) is 5.91 Å². The van der Waals surface area contributed by atoms with Crippen LogP contribution in [0.4, 0.5) is 5.95 Å². The van der Waals surface area contributed by atoms with Crippen LogP contribution >= 0.6 is 0 Å². The van der Waals surface area contributed by atoms with E-state index in [9.17, 15) is 9.90 Å². The van der Waals surface area contributed by atoms with E-state index < -0.39 is 0 Å². The summed E-state index contributed by atoms with van der Waals surface area (Å²) < 4.78 is 2.01. The van der Waals surface area contributed by atoms with Crippen LogP contribution in [0, 0.1) is 6.92 Å². The molecule has 27 heavy (non-hydrogen) atoms. The lowest BCUT2D eigenvalue weighted by molar-refractivity contribution is 0.0950. The molecule has 0 radical (unpaired) electrons. The second-order valence-electron chi connectivity index (χ2n) is 7.07. The van der Waals surface area contributed by atoms with E-state index in [0.29, 0.717) is 18.7 Å². The number of aliphatic hydroxyl groups excluding tert-OH is 1. The average Bonchev–Trinajstić information content (AvgIpc) is 3.23. The van der Waals surface area contributed by atoms with Gasteiger partial charge < -0.3 is 19.9 Å². The van der Waals surface area contributed by atoms with E-state index in [1.165, 1.54) is 0 Å². The van der Waals surface area contributed by atoms with Crippen LogP contribution < -0.4 is 10.2 Å². The molecule has 2 N–H and O–H groups in total. The van der Waals surface area contributed by atoms with Gasteiger partial charge in [-0.15, -0.1) is 0 Å². The van der Waals surface area contributed by atoms with Gasteiger partial charge in [-0.25, -0.2) is 4.98 Å². The molecule has 0 unspecified atom stereocenters. The Morgan fingerprint density at radius 2 is 2.19 bits per heavy atom. The van der Waals surface area contributed by atoms with Gasteiger partial charge in [0.15, 0.2) is 0 Å². The molecule has 0 spiro atoms. The molecule has 0 bridgehead atoms. The molecule has 1 aliphatic heterocycles. The molecular formula is C20H23N5O2. The Kier molecular flexibility index (Phi) is 4.53. The summed E-state index contributed by atoms with van der Waals surface area (Å²) in [7, 11) is 1.96. The van der Waals surface area contributed by atoms with E-state index in [1.807, 2.05) is 48.9 Å². The minimum Gasteiger partial charge on any atom is -0.391 e. The number of anilines is 1. The van der Waals surface area contributed by atoms with Crippen LogP contribution in [-0.4, -0.2) is 44.7 Å². The molecule has 1 saturated heterocycles. The quantitative estimate of drug-likeness (QED) is 0.736. The zero-order valence-electron chi connectivity index (χ0n) is 15.5. The number of imidazole rings is 1. The van der Waals surface area contributed by atoms with Crippen molar-refractivity contribution in [2.45, 2.75) is 26.0 Å². The van der Waals surface area contributed by atoms with Crippen molar-refractivity contribution in [3.05, 3.63) is 53.3 Å². The second-order valence-corrected chi connectivity index (χ2v) is 7.07. The summed E-state index contributed by atoms with van der Waals surface area (Å²) in [6, 6.07) is 9.42. The third-order valence-electron chi connectivity index (χ3n) is 4.97. The number of pyridine rings is 1. The van der Waals surface area contributed by atoms with Crippen LogP contribution in [0.5, 0.6) is 0 Å². The fourth-order valence-electron chi connectivity index (χ4n) is 3.50. The highest BCUT2D eigenvalue weighted by atomic mass is 16.3. The summed E-state index contributed by atoms with van der Waals surface area (Å²) in [5.74, 6) is 0.673. The van der Waals surface area contributed by atoms with Crippen molar-refractivity contribution in [1.82, 2.24) is 19.9 Å². The Bertz CT molecular complexity index is 997. The number of carbonyl (C=O) groups excluding carboxylic acids is 1. The number of nitrogens with zero attached hydrogens (tertiary/aromatic N) is 4. The molecule has 1 amide bonds. The molecule has 0 aliphatic carbocycles. The van der Waals surface area contributed by atoms with Crippen molar-refractivity contribution in [1.29, 1.82) is 0 Å². The first-order chi connectivity index (χ1) is 13.0. The van der Waals surface area contributed by atoms with Gasteiger partial charge in [0, 0.05) is 31.9 Å². The van der Waals surface area contributed by atoms with E-state index in [1.54, 1.807) is 6.20 Å². The van der Waals surface area contributed by atoms with Crippen LogP contribution in [0.25, 0.3) is 11.0 Å². The van der Waals surface area contributed by atoms with Crippen molar-refractivity contribution in [2.75, 3.05) is 18.0 Å². The Hall–Kier alpha value is -2.93. The summed E-state index contributed by atoms with van der Waals surface area (Å²) in [5.41, 5.74) is 4.25. The van der Waals surface area contributed by atoms with Crippen molar-refractivity contribution in [3.8, 4) is 0 Å². The van der Waals surface area contributed by atoms with E-state index in [-0.39, 0.29) is 12.0 Å². The van der Waals surface area contributed by atoms with Gasteiger partial charge in [-0.2, -0.15) is 0 Å². The number of nitrogens with one attached hydrogen (secondary N) is 1. The third kappa shape index (κ3) is 3.50. The summed E-state index contributed by atoms with van der Waals surface area (Å²) in [4.78, 5) is 23.5. The van der Waals surface area contributed by atoms with Gasteiger partial charge in [0.2, 0.25) is 5.95 Å². The number of fused-ring (bicyclic) bond motifs is 1. The van der Waals surface area contributed by atoms with Gasteiger partial charge in [-0.05, 0) is 49.2 Å². The predicted molar refractivity (Wildman–Crippen MR) is 104 cm³/mol. The first-order valence-electron chi connectivity index (χ1n) is 9.10. The topological polar surface area (TPSA) is 83.3 Å². The summed E-state index contributed by atoms with van der Waals surface area (Å²) >= 11 is 0. The molecule has 2 aromatic heterocycles. The Balaban J connectivity index is 1.53. The van der Waals surface area contributed by atoms with Crippen molar-refractivity contribution >= 4 is 22.9 Å². The van der Waals surface area contributed by atoms with Gasteiger partial charge in [-0.1, -0.05) is 0 Å². The molecule has 140 valence electrons. The smallest absolute Gasteiger partial charge is 0.251 e. The van der Waals surface area contributed by atoms with E-state index >= 15 is 0 Å². The van der Waals surface area contributed by atoms with Crippen LogP contribution in [0.2, 0.25) is 0 Å². The monoisotopic (exact) mass is 365 g/mol. The summed E-state index contributed by atoms with van der Waals surface area (Å²) in [6.07, 6.45) is 2.19. The lowest BCUT2D eigenvalue weighted by atomic mass is 10.2. The molecule has 1 fully saturated rings. The minimum atomic E-state index is -0.304. The molecule has 1 aromatic carbocycles. The minimum absolute atomic E-state index is 0.149. The van der Waals surface area contributed by atoms with Gasteiger partial charge in [0.1, 0.15) is 0 Å². The zero-order chi connectivity index (χ0) is 19.0. The lowest BCUT2D eigenvalue weighted by Gasteiger charge is -2.16. The van der Waals surface area contributed by atoms with E-state index in [2.05, 4.69) is 20.2 Å². The first-order valence-corrected chi connectivity index (χ1v) is 9.10. The summed E-state index contributed by atoms with van der Waals surface area (Å²) in [6.45, 7) is 3.76. The van der Waals surface area contributed by atoms with Crippen molar-refractivity contribution in [2.24, 2.45) is 7.05 Å². The number of aryl methyl sites for hydroxylation is 2. The predicted octanol–water partition coefficient (Wildman–Crippen LogP) is 1.78. The average molecular weight is 365 g/mol. The Labute approximate surface area is 157 Å². The molecule has 3 aromatic rings. The van der Waals surface area contributed by atoms with Crippen LogP contribution in [-0.2, 0) is 13.6 Å². The highest BCUT2D eigenvalue weighted by Gasteiger charge is 2.24. The summed E-state index contributed by atoms with van der Waals surface area (Å²) in [5, 5.41) is 12.7. The maximum atomic E-state index is 12.5. The molecule has 0 saturated carbocycles. The van der Waals surface area contributed by atoms with E-state index in [4.69, 9.17) is 0 Å². The van der Waals surface area contributed by atoms with Crippen molar-refractivity contribution in [3.63, 3.8) is 0 Å². The highest BCUT2D eigenvalue weighted by Crippen LogP contribution is 2.25. The van der Waals surface area contributed by atoms with Crippen LogP contribution in [0.3, 0.4) is 0 Å². The Morgan fingerprint density at radius 3 is 2.93 bits per heavy atom. The second kappa shape index (κ2) is 7.00. The van der Waals surface area contributed by atoms with Gasteiger partial charge in [-0.3, -0.25) is 9.78 Å². The SMILES string of the molecule is Cc1ccnc(CNC(=O)c2ccc3c(c2)nc(N2CC[C@H](O)C2)n3C)c1. The Morgan fingerprint density at radius 1 is 1.33 bits per heavy atom. The van der Waals surface area contributed by atoms with E-state index in [0.717, 1.165) is 41.2 Å². The molecular weight excluding hydrogens is 342 g/mol. The molecule has 4 rings (SSSR count). The third-order valence-corrected chi connectivity index (χ3v) is 4.97. The fraction of sp³-hybridized carbons (Fsp3) is 0.350. The number of rotatable bonds is 4. The molecule has 7 nitrogen and oxygen atoms in total. The standard InChI is InChI=1S/C20H23N5O2/c1-13-5-7-21-15(9-13)11-22-19(27)14-3-4-18-17(10-14)23-20(24(18)2)25-8-6-16(26)12-25/h3-5,7,9-10,16,26H,6,8,11-12H2,1-2H3,(H,22,27)/t16-/m0/s1. The number of carbonyl (C=O) groups is 1. The lowest BCUT2D eigenvalue weighted by Crippen LogP contribution is -2.24. The normalized spacial score (nSPS) is 16.9. The maximum Gasteiger partial charge on any atom is 0.251 e. The number of hydrogen-bond donors (Lipinski definition) is 2. The number of aliphatic hydroxyl groups is 1. The number of amides is 1. The largest absolute Gasteiger partial charge is 0.391 e. The number of hydrogen-bond acceptors (Lipinski definition) is 5. The molecule has 1 aliphatic rings. The van der Waals surface area contributed by atoms with Crippen LogP contribution in [0.1, 0.15) is 28.0 Å². The molecule has 3 heterocycles. The van der Waals surface area contributed by atoms with Gasteiger partial charge in [0.05, 0.1) is 29.4 Å². The van der Waals surface area contributed by atoms with Gasteiger partial charge >= 0.3 is 0 Å². The molecule has 1 atom stereocenters. The first kappa shape index (κ1) is 17.5. The van der Waals surface area contributed by atoms with Crippen molar-refractivity contribution < 1.29 is 9.90 Å². The number of β-amino-alcohol motifs (C(OH)–C–C–N with tert-alkyl or cyclic N) is 1. The number of benzene rings is 1.